The largest absolute Gasteiger partial charge is 0.296 e. The molecule has 3 atom stereocenters. The summed E-state index contributed by atoms with van der Waals surface area (Å²) in [5.74, 6) is 0.836. The standard InChI is InChI=1S/C23H36N2O2S/c1-3-4-5-6-14-28(26,27)25-12-7-8-20-17-24-13-11-19-15-18(2)9-10-21(19)23(24)16-22(20)25/h9-10,15,20,22-23H,3-8,11-14,16-17H2,1-2H3/t20-,22+,23-/m1/s1. The van der Waals surface area contributed by atoms with Crippen molar-refractivity contribution in [2.24, 2.45) is 5.92 Å². The molecule has 4 nitrogen and oxygen atoms in total. The molecule has 3 aliphatic rings. The number of nitrogens with zero attached hydrogens (tertiary/aromatic N) is 2. The average molecular weight is 405 g/mol. The first-order chi connectivity index (χ1) is 13.5. The molecule has 0 saturated carbocycles. The van der Waals surface area contributed by atoms with Crippen LogP contribution in [0.4, 0.5) is 0 Å². The first-order valence-electron chi connectivity index (χ1n) is 11.3. The summed E-state index contributed by atoms with van der Waals surface area (Å²) < 4.78 is 28.3. The van der Waals surface area contributed by atoms with Crippen LogP contribution >= 0.6 is 0 Å². The zero-order chi connectivity index (χ0) is 19.7. The minimum Gasteiger partial charge on any atom is -0.296 e. The van der Waals surface area contributed by atoms with E-state index in [0.717, 1.165) is 64.6 Å². The topological polar surface area (TPSA) is 40.6 Å². The monoisotopic (exact) mass is 404 g/mol. The minimum atomic E-state index is -3.14. The first kappa shape index (κ1) is 20.4. The van der Waals surface area contributed by atoms with Crippen LogP contribution in [0.3, 0.4) is 0 Å². The fourth-order valence-corrected chi connectivity index (χ4v) is 7.60. The van der Waals surface area contributed by atoms with Gasteiger partial charge in [-0.2, -0.15) is 4.31 Å². The van der Waals surface area contributed by atoms with E-state index in [0.29, 0.717) is 17.7 Å². The number of piperidine rings is 2. The van der Waals surface area contributed by atoms with E-state index in [2.05, 4.69) is 36.9 Å². The molecule has 156 valence electrons. The number of unbranched alkanes of at least 4 members (excludes halogenated alkanes) is 3. The van der Waals surface area contributed by atoms with Crippen LogP contribution in [-0.4, -0.2) is 49.1 Å². The molecule has 28 heavy (non-hydrogen) atoms. The van der Waals surface area contributed by atoms with E-state index in [1.165, 1.54) is 23.1 Å². The van der Waals surface area contributed by atoms with E-state index >= 15 is 0 Å². The van der Waals surface area contributed by atoms with Gasteiger partial charge in [0.2, 0.25) is 10.0 Å². The molecule has 2 fully saturated rings. The Kier molecular flexibility index (Phi) is 6.15. The van der Waals surface area contributed by atoms with E-state index in [9.17, 15) is 8.42 Å². The van der Waals surface area contributed by atoms with Gasteiger partial charge in [-0.1, -0.05) is 49.9 Å². The molecule has 2 saturated heterocycles. The fraction of sp³-hybridized carbons (Fsp3) is 0.739. The van der Waals surface area contributed by atoms with Crippen LogP contribution in [0.25, 0.3) is 0 Å². The van der Waals surface area contributed by atoms with Crippen LogP contribution in [0.1, 0.15) is 74.6 Å². The summed E-state index contributed by atoms with van der Waals surface area (Å²) in [6.07, 6.45) is 8.40. The van der Waals surface area contributed by atoms with Gasteiger partial charge in [-0.15, -0.1) is 0 Å². The Balaban J connectivity index is 1.53. The number of rotatable bonds is 6. The van der Waals surface area contributed by atoms with Gasteiger partial charge >= 0.3 is 0 Å². The zero-order valence-electron chi connectivity index (χ0n) is 17.6. The Morgan fingerprint density at radius 2 is 2.00 bits per heavy atom. The fourth-order valence-electron chi connectivity index (χ4n) is 5.72. The van der Waals surface area contributed by atoms with Crippen LogP contribution in [0.15, 0.2) is 18.2 Å². The average Bonchev–Trinajstić information content (AvgIpc) is 2.69. The summed E-state index contributed by atoms with van der Waals surface area (Å²) in [7, 11) is -3.14. The number of sulfonamides is 1. The lowest BCUT2D eigenvalue weighted by molar-refractivity contribution is 0.0220. The molecule has 0 aliphatic carbocycles. The van der Waals surface area contributed by atoms with Crippen LogP contribution in [0.5, 0.6) is 0 Å². The van der Waals surface area contributed by atoms with Gasteiger partial charge in [-0.25, -0.2) is 8.42 Å². The summed E-state index contributed by atoms with van der Waals surface area (Å²) in [5, 5.41) is 0. The van der Waals surface area contributed by atoms with Crippen molar-refractivity contribution in [3.63, 3.8) is 0 Å². The molecule has 0 N–H and O–H groups in total. The molecule has 5 heteroatoms. The van der Waals surface area contributed by atoms with E-state index < -0.39 is 10.0 Å². The van der Waals surface area contributed by atoms with E-state index in [1.54, 1.807) is 0 Å². The van der Waals surface area contributed by atoms with Gasteiger partial charge in [0.05, 0.1) is 5.75 Å². The molecule has 1 aromatic carbocycles. The minimum absolute atomic E-state index is 0.193. The molecule has 0 spiro atoms. The highest BCUT2D eigenvalue weighted by Crippen LogP contribution is 2.43. The molecule has 3 aliphatic heterocycles. The molecule has 1 aromatic rings. The highest BCUT2D eigenvalue weighted by molar-refractivity contribution is 7.89. The number of hydrogen-bond acceptors (Lipinski definition) is 3. The number of hydrogen-bond donors (Lipinski definition) is 0. The Hall–Kier alpha value is -0.910. The van der Waals surface area contributed by atoms with Crippen LogP contribution < -0.4 is 0 Å². The quantitative estimate of drug-likeness (QED) is 0.664. The zero-order valence-corrected chi connectivity index (χ0v) is 18.4. The van der Waals surface area contributed by atoms with Crippen molar-refractivity contribution in [3.05, 3.63) is 34.9 Å². The molecular formula is C23H36N2O2S. The maximum absolute atomic E-state index is 13.2. The summed E-state index contributed by atoms with van der Waals surface area (Å²) in [6, 6.07) is 7.44. The van der Waals surface area contributed by atoms with Crippen molar-refractivity contribution >= 4 is 10.0 Å². The SMILES string of the molecule is CCCCCCS(=O)(=O)N1CCC[C@@H]2CN3CCc4cc(C)ccc4[C@H]3C[C@@H]21. The van der Waals surface area contributed by atoms with Crippen molar-refractivity contribution in [1.29, 1.82) is 0 Å². The summed E-state index contributed by atoms with van der Waals surface area (Å²) in [6.45, 7) is 7.24. The lowest BCUT2D eigenvalue weighted by atomic mass is 9.77. The third-order valence-corrected chi connectivity index (χ3v) is 9.15. The van der Waals surface area contributed by atoms with Gasteiger partial charge in [0.25, 0.3) is 0 Å². The Morgan fingerprint density at radius 3 is 2.82 bits per heavy atom. The van der Waals surface area contributed by atoms with Gasteiger partial charge < -0.3 is 0 Å². The molecule has 0 aromatic heterocycles. The Labute approximate surface area is 171 Å². The molecular weight excluding hydrogens is 368 g/mol. The molecule has 0 bridgehead atoms. The predicted molar refractivity (Wildman–Crippen MR) is 115 cm³/mol. The summed E-state index contributed by atoms with van der Waals surface area (Å²) >= 11 is 0. The number of aryl methyl sites for hydroxylation is 1. The molecule has 0 amide bonds. The Bertz CT molecular complexity index is 792. The van der Waals surface area contributed by atoms with Crippen molar-refractivity contribution < 1.29 is 8.42 Å². The van der Waals surface area contributed by atoms with Crippen molar-refractivity contribution in [2.75, 3.05) is 25.4 Å². The highest BCUT2D eigenvalue weighted by Gasteiger charge is 2.45. The van der Waals surface area contributed by atoms with Crippen molar-refractivity contribution in [3.8, 4) is 0 Å². The van der Waals surface area contributed by atoms with Crippen LogP contribution in [0, 0.1) is 12.8 Å². The molecule has 0 radical (unpaired) electrons. The van der Waals surface area contributed by atoms with Crippen molar-refractivity contribution in [1.82, 2.24) is 9.21 Å². The first-order valence-corrected chi connectivity index (χ1v) is 12.9. The highest BCUT2D eigenvalue weighted by atomic mass is 32.2. The maximum atomic E-state index is 13.2. The second-order valence-corrected chi connectivity index (χ2v) is 11.2. The van der Waals surface area contributed by atoms with E-state index in [1.807, 2.05) is 4.31 Å². The second kappa shape index (κ2) is 8.45. The van der Waals surface area contributed by atoms with Crippen LogP contribution in [0.2, 0.25) is 0 Å². The summed E-state index contributed by atoms with van der Waals surface area (Å²) in [4.78, 5) is 2.64. The van der Waals surface area contributed by atoms with Crippen molar-refractivity contribution in [2.45, 2.75) is 77.3 Å². The predicted octanol–water partition coefficient (Wildman–Crippen LogP) is 4.29. The molecule has 0 unspecified atom stereocenters. The van der Waals surface area contributed by atoms with Gasteiger partial charge in [-0.05, 0) is 56.1 Å². The van der Waals surface area contributed by atoms with Crippen LogP contribution in [-0.2, 0) is 16.4 Å². The second-order valence-electron chi connectivity index (χ2n) is 9.16. The Morgan fingerprint density at radius 1 is 1.14 bits per heavy atom. The third-order valence-electron chi connectivity index (χ3n) is 7.18. The molecule has 4 rings (SSSR count). The smallest absolute Gasteiger partial charge is 0.214 e. The van der Waals surface area contributed by atoms with Gasteiger partial charge in [-0.3, -0.25) is 4.90 Å². The maximum Gasteiger partial charge on any atom is 0.214 e. The third kappa shape index (κ3) is 4.03. The summed E-state index contributed by atoms with van der Waals surface area (Å²) in [5.41, 5.74) is 4.25. The van der Waals surface area contributed by atoms with Gasteiger partial charge in [0.1, 0.15) is 0 Å². The lowest BCUT2D eigenvalue weighted by Crippen LogP contribution is -2.57. The normalized spacial score (nSPS) is 28.4. The van der Waals surface area contributed by atoms with E-state index in [4.69, 9.17) is 0 Å². The van der Waals surface area contributed by atoms with Gasteiger partial charge in [0.15, 0.2) is 0 Å². The number of benzene rings is 1. The van der Waals surface area contributed by atoms with E-state index in [-0.39, 0.29) is 6.04 Å². The molecule has 3 heterocycles. The number of fused-ring (bicyclic) bond motifs is 4. The van der Waals surface area contributed by atoms with Gasteiger partial charge in [0, 0.05) is 31.7 Å². The lowest BCUT2D eigenvalue weighted by Gasteiger charge is -2.51.